The lowest BCUT2D eigenvalue weighted by Crippen LogP contribution is -2.22. The van der Waals surface area contributed by atoms with Crippen LogP contribution in [-0.4, -0.2) is 24.0 Å². The molecule has 0 aliphatic carbocycles. The van der Waals surface area contributed by atoms with E-state index < -0.39 is 0 Å². The Kier molecular flexibility index (Phi) is 2.82. The predicted octanol–water partition coefficient (Wildman–Crippen LogP) is -0.144. The van der Waals surface area contributed by atoms with Gasteiger partial charge in [0.15, 0.2) is 0 Å². The van der Waals surface area contributed by atoms with Crippen LogP contribution in [0.3, 0.4) is 0 Å². The largest absolute Gasteiger partial charge is 0.480 e. The molecule has 1 rings (SSSR count). The number of rotatable bonds is 3. The second-order valence-corrected chi connectivity index (χ2v) is 2.13. The Morgan fingerprint density at radius 1 is 1.50 bits per heavy atom. The minimum atomic E-state index is -0.211. The highest BCUT2D eigenvalue weighted by molar-refractivity contribution is 5.05. The molecule has 0 saturated heterocycles. The summed E-state index contributed by atoms with van der Waals surface area (Å²) in [6, 6.07) is 2.89. The van der Waals surface area contributed by atoms with E-state index >= 15 is 0 Å². The molecule has 0 saturated carbocycles. The second-order valence-electron chi connectivity index (χ2n) is 2.13. The molecular weight excluding hydrogens is 160 g/mol. The monoisotopic (exact) mass is 170 g/mol. The number of methoxy groups -OCH3 is 2. The first-order valence-electron chi connectivity index (χ1n) is 3.39. The molecule has 1 aromatic heterocycles. The molecule has 0 aliphatic heterocycles. The van der Waals surface area contributed by atoms with Gasteiger partial charge >= 0.3 is 0 Å². The van der Waals surface area contributed by atoms with Crippen molar-refractivity contribution < 1.29 is 9.47 Å². The van der Waals surface area contributed by atoms with E-state index in [4.69, 9.17) is 9.47 Å². The van der Waals surface area contributed by atoms with Crippen LogP contribution < -0.4 is 10.3 Å². The van der Waals surface area contributed by atoms with E-state index in [1.165, 1.54) is 31.0 Å². The summed E-state index contributed by atoms with van der Waals surface area (Å²) in [4.78, 5) is 11.0. The molecule has 0 aliphatic rings. The van der Waals surface area contributed by atoms with Crippen molar-refractivity contribution in [2.24, 2.45) is 0 Å². The molecule has 12 heavy (non-hydrogen) atoms. The van der Waals surface area contributed by atoms with Crippen molar-refractivity contribution in [1.82, 2.24) is 9.78 Å². The van der Waals surface area contributed by atoms with Crippen LogP contribution in [0.25, 0.3) is 0 Å². The quantitative estimate of drug-likeness (QED) is 0.633. The average molecular weight is 170 g/mol. The van der Waals surface area contributed by atoms with Crippen molar-refractivity contribution in [1.29, 1.82) is 0 Å². The van der Waals surface area contributed by atoms with Crippen molar-refractivity contribution in [3.8, 4) is 5.88 Å². The molecule has 0 spiro atoms. The Labute approximate surface area is 69.5 Å². The van der Waals surface area contributed by atoms with E-state index in [1.54, 1.807) is 0 Å². The van der Waals surface area contributed by atoms with Gasteiger partial charge in [0.2, 0.25) is 5.88 Å². The number of hydrogen-bond donors (Lipinski definition) is 0. The molecule has 0 fully saturated rings. The number of aromatic nitrogens is 2. The van der Waals surface area contributed by atoms with Gasteiger partial charge in [-0.15, -0.1) is 5.10 Å². The summed E-state index contributed by atoms with van der Waals surface area (Å²) < 4.78 is 10.8. The second kappa shape index (κ2) is 3.87. The molecule has 0 radical (unpaired) electrons. The molecule has 1 heterocycles. The molecule has 5 heteroatoms. The average Bonchev–Trinajstić information content (AvgIpc) is 2.09. The Morgan fingerprint density at radius 3 is 2.83 bits per heavy atom. The Balaban J connectivity index is 3.00. The molecule has 0 aromatic carbocycles. The number of hydrogen-bond acceptors (Lipinski definition) is 4. The van der Waals surface area contributed by atoms with E-state index in [9.17, 15) is 4.79 Å². The molecule has 0 amide bonds. The van der Waals surface area contributed by atoms with Crippen molar-refractivity contribution in [2.45, 2.75) is 6.73 Å². The van der Waals surface area contributed by atoms with Crippen LogP contribution in [0, 0.1) is 0 Å². The van der Waals surface area contributed by atoms with Crippen LogP contribution in [0.5, 0.6) is 5.88 Å². The van der Waals surface area contributed by atoms with E-state index in [1.807, 2.05) is 0 Å². The normalized spacial score (nSPS) is 9.83. The first-order chi connectivity index (χ1) is 5.77. The van der Waals surface area contributed by atoms with Gasteiger partial charge < -0.3 is 9.47 Å². The van der Waals surface area contributed by atoms with Gasteiger partial charge in [-0.25, -0.2) is 4.68 Å². The Hall–Kier alpha value is -1.36. The van der Waals surface area contributed by atoms with Crippen LogP contribution >= 0.6 is 0 Å². The van der Waals surface area contributed by atoms with Crippen LogP contribution in [0.2, 0.25) is 0 Å². The minimum absolute atomic E-state index is 0.135. The highest BCUT2D eigenvalue weighted by Crippen LogP contribution is 1.98. The minimum Gasteiger partial charge on any atom is -0.480 e. The fraction of sp³-hybridized carbons (Fsp3) is 0.429. The van der Waals surface area contributed by atoms with Gasteiger partial charge in [-0.3, -0.25) is 4.79 Å². The van der Waals surface area contributed by atoms with Gasteiger partial charge in [-0.1, -0.05) is 0 Å². The molecular formula is C7H10N2O3. The van der Waals surface area contributed by atoms with Gasteiger partial charge in [0.25, 0.3) is 5.56 Å². The van der Waals surface area contributed by atoms with E-state index in [0.717, 1.165) is 0 Å². The summed E-state index contributed by atoms with van der Waals surface area (Å²) in [7, 11) is 2.98. The van der Waals surface area contributed by atoms with Crippen LogP contribution in [0.4, 0.5) is 0 Å². The van der Waals surface area contributed by atoms with Crippen LogP contribution in [0.15, 0.2) is 16.9 Å². The standard InChI is InChI=1S/C7H10N2O3/c1-11-5-9-7(10)4-3-6(8-9)12-2/h3-4H,5H2,1-2H3. The lowest BCUT2D eigenvalue weighted by Gasteiger charge is -2.03. The molecule has 0 unspecified atom stereocenters. The third kappa shape index (κ3) is 1.82. The van der Waals surface area contributed by atoms with E-state index in [0.29, 0.717) is 5.88 Å². The van der Waals surface area contributed by atoms with Crippen molar-refractivity contribution in [3.05, 3.63) is 22.5 Å². The SMILES string of the molecule is COCn1nc(OC)ccc1=O. The maximum Gasteiger partial charge on any atom is 0.269 e. The summed E-state index contributed by atoms with van der Waals surface area (Å²) in [5.74, 6) is 0.395. The maximum absolute atomic E-state index is 11.0. The Morgan fingerprint density at radius 2 is 2.25 bits per heavy atom. The lowest BCUT2D eigenvalue weighted by molar-refractivity contribution is 0.114. The summed E-state index contributed by atoms with van der Waals surface area (Å²) in [6.07, 6.45) is 0. The van der Waals surface area contributed by atoms with Crippen molar-refractivity contribution >= 4 is 0 Å². The molecule has 1 aromatic rings. The zero-order valence-electron chi connectivity index (χ0n) is 6.98. The Bertz CT molecular complexity index is 308. The summed E-state index contributed by atoms with van der Waals surface area (Å²) >= 11 is 0. The van der Waals surface area contributed by atoms with Crippen molar-refractivity contribution in [3.63, 3.8) is 0 Å². The van der Waals surface area contributed by atoms with Gasteiger partial charge in [-0.2, -0.15) is 0 Å². The smallest absolute Gasteiger partial charge is 0.269 e. The summed E-state index contributed by atoms with van der Waals surface area (Å²) in [5, 5.41) is 3.84. The van der Waals surface area contributed by atoms with Gasteiger partial charge in [-0.05, 0) is 0 Å². The topological polar surface area (TPSA) is 53.4 Å². The lowest BCUT2D eigenvalue weighted by atomic mass is 10.5. The first-order valence-corrected chi connectivity index (χ1v) is 3.39. The fourth-order valence-electron chi connectivity index (χ4n) is 0.754. The molecule has 66 valence electrons. The van der Waals surface area contributed by atoms with Gasteiger partial charge in [0, 0.05) is 19.2 Å². The van der Waals surface area contributed by atoms with Crippen LogP contribution in [0.1, 0.15) is 0 Å². The summed E-state index contributed by atoms with van der Waals surface area (Å²) in [5.41, 5.74) is -0.211. The summed E-state index contributed by atoms with van der Waals surface area (Å²) in [6.45, 7) is 0.135. The molecule has 0 N–H and O–H groups in total. The highest BCUT2D eigenvalue weighted by atomic mass is 16.5. The highest BCUT2D eigenvalue weighted by Gasteiger charge is 1.98. The third-order valence-electron chi connectivity index (χ3n) is 1.30. The zero-order valence-corrected chi connectivity index (χ0v) is 6.98. The van der Waals surface area contributed by atoms with Gasteiger partial charge in [0.05, 0.1) is 7.11 Å². The fourth-order valence-corrected chi connectivity index (χ4v) is 0.754. The third-order valence-corrected chi connectivity index (χ3v) is 1.30. The van der Waals surface area contributed by atoms with Crippen LogP contribution in [-0.2, 0) is 11.5 Å². The van der Waals surface area contributed by atoms with Crippen molar-refractivity contribution in [2.75, 3.05) is 14.2 Å². The zero-order chi connectivity index (χ0) is 8.97. The van der Waals surface area contributed by atoms with E-state index in [2.05, 4.69) is 5.10 Å². The number of nitrogens with zero attached hydrogens (tertiary/aromatic N) is 2. The first kappa shape index (κ1) is 8.73. The number of ether oxygens (including phenoxy) is 2. The molecule has 0 atom stereocenters. The maximum atomic E-state index is 11.0. The van der Waals surface area contributed by atoms with E-state index in [-0.39, 0.29) is 12.3 Å². The van der Waals surface area contributed by atoms with Gasteiger partial charge in [0.1, 0.15) is 6.73 Å². The molecule has 5 nitrogen and oxygen atoms in total. The molecule has 0 bridgehead atoms. The predicted molar refractivity (Wildman–Crippen MR) is 42.1 cm³/mol.